The predicted molar refractivity (Wildman–Crippen MR) is 108 cm³/mol. The van der Waals surface area contributed by atoms with Gasteiger partial charge in [-0.2, -0.15) is 4.31 Å². The van der Waals surface area contributed by atoms with E-state index in [2.05, 4.69) is 5.32 Å². The van der Waals surface area contributed by atoms with Gasteiger partial charge in [-0.15, -0.1) is 11.3 Å². The van der Waals surface area contributed by atoms with E-state index < -0.39 is 10.0 Å². The quantitative estimate of drug-likeness (QED) is 0.739. The van der Waals surface area contributed by atoms with E-state index in [4.69, 9.17) is 9.47 Å². The smallest absolute Gasteiger partial charge is 0.255 e. The number of piperidine rings is 1. The molecular formula is C19H24N2O5S2. The standard InChI is InChI=1S/C19H24N2O5S2/c1-25-14-6-8-16(17(12-14)26-2)19(22)20-13-15-7-9-18(27-15)28(23,24)21-10-4-3-5-11-21/h6-9,12H,3-5,10-11,13H2,1-2H3,(H,20,22). The minimum atomic E-state index is -3.45. The second kappa shape index (κ2) is 8.93. The van der Waals surface area contributed by atoms with Crippen molar-refractivity contribution in [3.8, 4) is 11.5 Å². The van der Waals surface area contributed by atoms with E-state index in [0.717, 1.165) is 24.1 Å². The number of carbonyl (C=O) groups is 1. The summed E-state index contributed by atoms with van der Waals surface area (Å²) in [6.07, 6.45) is 2.87. The maximum absolute atomic E-state index is 12.7. The van der Waals surface area contributed by atoms with E-state index in [1.54, 1.807) is 41.7 Å². The van der Waals surface area contributed by atoms with Crippen LogP contribution in [0.2, 0.25) is 0 Å². The number of rotatable bonds is 7. The lowest BCUT2D eigenvalue weighted by atomic mass is 10.1. The molecule has 1 saturated heterocycles. The number of hydrogen-bond acceptors (Lipinski definition) is 6. The van der Waals surface area contributed by atoms with E-state index in [0.29, 0.717) is 34.4 Å². The number of benzene rings is 1. The summed E-state index contributed by atoms with van der Waals surface area (Å²) in [4.78, 5) is 13.3. The number of amides is 1. The van der Waals surface area contributed by atoms with Crippen LogP contribution in [0.1, 0.15) is 34.5 Å². The average Bonchev–Trinajstić information content (AvgIpc) is 3.22. The van der Waals surface area contributed by atoms with Crippen LogP contribution in [0.25, 0.3) is 0 Å². The zero-order valence-corrected chi connectivity index (χ0v) is 17.6. The van der Waals surface area contributed by atoms with Gasteiger partial charge in [-0.05, 0) is 37.1 Å². The van der Waals surface area contributed by atoms with Crippen LogP contribution >= 0.6 is 11.3 Å². The summed E-state index contributed by atoms with van der Waals surface area (Å²) < 4.78 is 37.7. The molecule has 0 bridgehead atoms. The Bertz CT molecular complexity index is 934. The number of sulfonamides is 1. The van der Waals surface area contributed by atoms with E-state index in [1.165, 1.54) is 18.4 Å². The van der Waals surface area contributed by atoms with Gasteiger partial charge in [0.25, 0.3) is 15.9 Å². The fourth-order valence-electron chi connectivity index (χ4n) is 3.07. The van der Waals surface area contributed by atoms with Gasteiger partial charge in [0, 0.05) is 24.0 Å². The van der Waals surface area contributed by atoms with Gasteiger partial charge in [-0.3, -0.25) is 4.79 Å². The summed E-state index contributed by atoms with van der Waals surface area (Å²) in [5, 5.41) is 2.81. The van der Waals surface area contributed by atoms with Crippen molar-refractivity contribution >= 4 is 27.3 Å². The molecule has 0 saturated carbocycles. The monoisotopic (exact) mass is 424 g/mol. The van der Waals surface area contributed by atoms with Gasteiger partial charge >= 0.3 is 0 Å². The molecule has 1 aromatic carbocycles. The van der Waals surface area contributed by atoms with Crippen LogP contribution in [0.15, 0.2) is 34.5 Å². The molecule has 2 heterocycles. The maximum Gasteiger partial charge on any atom is 0.255 e. The number of ether oxygens (including phenoxy) is 2. The molecule has 1 aromatic heterocycles. The first-order valence-electron chi connectivity index (χ1n) is 9.05. The van der Waals surface area contributed by atoms with Crippen molar-refractivity contribution in [1.29, 1.82) is 0 Å². The number of nitrogens with one attached hydrogen (secondary N) is 1. The van der Waals surface area contributed by atoms with E-state index in [1.807, 2.05) is 0 Å². The van der Waals surface area contributed by atoms with Crippen LogP contribution in [-0.4, -0.2) is 45.9 Å². The Morgan fingerprint density at radius 2 is 1.86 bits per heavy atom. The highest BCUT2D eigenvalue weighted by Crippen LogP contribution is 2.28. The molecule has 0 aliphatic carbocycles. The second-order valence-electron chi connectivity index (χ2n) is 6.43. The largest absolute Gasteiger partial charge is 0.497 e. The SMILES string of the molecule is COc1ccc(C(=O)NCc2ccc(S(=O)(=O)N3CCCCC3)s2)c(OC)c1. The Morgan fingerprint density at radius 3 is 2.54 bits per heavy atom. The molecule has 2 aromatic rings. The van der Waals surface area contributed by atoms with Gasteiger partial charge in [0.05, 0.1) is 26.3 Å². The van der Waals surface area contributed by atoms with Crippen molar-refractivity contribution in [3.63, 3.8) is 0 Å². The van der Waals surface area contributed by atoms with Crippen molar-refractivity contribution in [2.45, 2.75) is 30.0 Å². The lowest BCUT2D eigenvalue weighted by Crippen LogP contribution is -2.35. The van der Waals surface area contributed by atoms with Crippen LogP contribution < -0.4 is 14.8 Å². The fraction of sp³-hybridized carbons (Fsp3) is 0.421. The summed E-state index contributed by atoms with van der Waals surface area (Å²) in [5.41, 5.74) is 0.390. The Morgan fingerprint density at radius 1 is 1.11 bits per heavy atom. The molecular weight excluding hydrogens is 400 g/mol. The number of nitrogens with zero attached hydrogens (tertiary/aromatic N) is 1. The highest BCUT2D eigenvalue weighted by molar-refractivity contribution is 7.91. The van der Waals surface area contributed by atoms with Gasteiger partial charge in [0.1, 0.15) is 15.7 Å². The van der Waals surface area contributed by atoms with Gasteiger partial charge < -0.3 is 14.8 Å². The highest BCUT2D eigenvalue weighted by atomic mass is 32.2. The van der Waals surface area contributed by atoms with Crippen LogP contribution in [0.4, 0.5) is 0 Å². The lowest BCUT2D eigenvalue weighted by Gasteiger charge is -2.25. The number of carbonyl (C=O) groups excluding carboxylic acids is 1. The minimum Gasteiger partial charge on any atom is -0.497 e. The molecule has 0 atom stereocenters. The summed E-state index contributed by atoms with van der Waals surface area (Å²) in [7, 11) is -0.414. The summed E-state index contributed by atoms with van der Waals surface area (Å²) in [5.74, 6) is 0.712. The summed E-state index contributed by atoms with van der Waals surface area (Å²) >= 11 is 1.19. The van der Waals surface area contributed by atoms with Crippen molar-refractivity contribution < 1.29 is 22.7 Å². The maximum atomic E-state index is 12.7. The molecule has 1 aliphatic rings. The number of thiophene rings is 1. The zero-order chi connectivity index (χ0) is 20.1. The zero-order valence-electron chi connectivity index (χ0n) is 15.9. The van der Waals surface area contributed by atoms with Gasteiger partial charge in [0.15, 0.2) is 0 Å². The molecule has 0 radical (unpaired) electrons. The minimum absolute atomic E-state index is 0.244. The number of methoxy groups -OCH3 is 2. The van der Waals surface area contributed by atoms with Crippen LogP contribution in [-0.2, 0) is 16.6 Å². The van der Waals surface area contributed by atoms with Crippen LogP contribution in [0.3, 0.4) is 0 Å². The molecule has 152 valence electrons. The Hall–Kier alpha value is -2.10. The third-order valence-corrected chi connectivity index (χ3v) is 8.07. The normalized spacial score (nSPS) is 15.2. The first-order valence-corrected chi connectivity index (χ1v) is 11.3. The first-order chi connectivity index (χ1) is 13.5. The van der Waals surface area contributed by atoms with Gasteiger partial charge in [-0.1, -0.05) is 6.42 Å². The molecule has 9 heteroatoms. The Balaban J connectivity index is 1.67. The van der Waals surface area contributed by atoms with Crippen molar-refractivity contribution in [1.82, 2.24) is 9.62 Å². The van der Waals surface area contributed by atoms with E-state index >= 15 is 0 Å². The number of hydrogen-bond donors (Lipinski definition) is 1. The average molecular weight is 425 g/mol. The molecule has 1 N–H and O–H groups in total. The fourth-order valence-corrected chi connectivity index (χ4v) is 6.04. The molecule has 1 fully saturated rings. The second-order valence-corrected chi connectivity index (χ2v) is 9.77. The predicted octanol–water partition coefficient (Wildman–Crippen LogP) is 2.87. The van der Waals surface area contributed by atoms with E-state index in [9.17, 15) is 13.2 Å². The van der Waals surface area contributed by atoms with Crippen molar-refractivity contribution in [2.24, 2.45) is 0 Å². The molecule has 0 unspecified atom stereocenters. The first kappa shape index (κ1) is 20.6. The summed E-state index contributed by atoms with van der Waals surface area (Å²) in [6.45, 7) is 1.39. The van der Waals surface area contributed by atoms with E-state index in [-0.39, 0.29) is 12.5 Å². The van der Waals surface area contributed by atoms with Gasteiger partial charge in [0.2, 0.25) is 0 Å². The summed E-state index contributed by atoms with van der Waals surface area (Å²) in [6, 6.07) is 8.32. The Kier molecular flexibility index (Phi) is 6.58. The van der Waals surface area contributed by atoms with Crippen LogP contribution in [0.5, 0.6) is 11.5 Å². The molecule has 28 heavy (non-hydrogen) atoms. The highest BCUT2D eigenvalue weighted by Gasteiger charge is 2.27. The topological polar surface area (TPSA) is 84.9 Å². The molecule has 0 spiro atoms. The van der Waals surface area contributed by atoms with Crippen LogP contribution in [0, 0.1) is 0 Å². The molecule has 1 aliphatic heterocycles. The molecule has 7 nitrogen and oxygen atoms in total. The molecule has 1 amide bonds. The van der Waals surface area contributed by atoms with Crippen molar-refractivity contribution in [2.75, 3.05) is 27.3 Å². The Labute approximate surface area is 169 Å². The van der Waals surface area contributed by atoms with Crippen molar-refractivity contribution in [3.05, 3.63) is 40.8 Å². The molecule has 3 rings (SSSR count). The third kappa shape index (κ3) is 4.48. The van der Waals surface area contributed by atoms with Gasteiger partial charge in [-0.25, -0.2) is 8.42 Å². The third-order valence-electron chi connectivity index (χ3n) is 4.62. The lowest BCUT2D eigenvalue weighted by molar-refractivity contribution is 0.0948.